The second kappa shape index (κ2) is 14.5. The Morgan fingerprint density at radius 2 is 1.88 bits per heavy atom. The van der Waals surface area contributed by atoms with E-state index in [9.17, 15) is 9.90 Å². The van der Waals surface area contributed by atoms with Gasteiger partial charge in [0.1, 0.15) is 34.0 Å². The lowest BCUT2D eigenvalue weighted by Crippen LogP contribution is -2.58. The van der Waals surface area contributed by atoms with Gasteiger partial charge in [-0.25, -0.2) is 13.8 Å². The van der Waals surface area contributed by atoms with Crippen molar-refractivity contribution in [1.29, 1.82) is 0 Å². The van der Waals surface area contributed by atoms with Gasteiger partial charge in [-0.3, -0.25) is 9.69 Å². The highest BCUT2D eigenvalue weighted by atomic mass is 19.1. The molecule has 9 rings (SSSR count). The predicted molar refractivity (Wildman–Crippen MR) is 212 cm³/mol. The van der Waals surface area contributed by atoms with E-state index >= 15 is 8.78 Å². The first-order valence-corrected chi connectivity index (χ1v) is 20.3. The number of carbonyl (C=O) groups is 1. The summed E-state index contributed by atoms with van der Waals surface area (Å²) in [7, 11) is 1.45. The molecule has 5 aliphatic rings. The van der Waals surface area contributed by atoms with Gasteiger partial charge in [0.15, 0.2) is 5.82 Å². The van der Waals surface area contributed by atoms with Crippen LogP contribution in [0.15, 0.2) is 24.3 Å². The fourth-order valence-electron chi connectivity index (χ4n) is 10.0. The van der Waals surface area contributed by atoms with E-state index in [2.05, 4.69) is 34.6 Å². The molecule has 5 fully saturated rings. The number of rotatable bonds is 9. The number of hydrogen-bond donors (Lipinski definition) is 1. The number of likely N-dealkylation sites (tertiary alicyclic amines) is 2. The number of phenols is 1. The van der Waals surface area contributed by atoms with Crippen LogP contribution in [0.3, 0.4) is 0 Å². The number of nitrogens with zero attached hydrogens (tertiary/aromatic N) is 6. The van der Waals surface area contributed by atoms with Crippen molar-refractivity contribution in [3.63, 3.8) is 0 Å². The number of amides is 1. The number of aromatic nitrogens is 3. The first-order valence-electron chi connectivity index (χ1n) is 20.3. The summed E-state index contributed by atoms with van der Waals surface area (Å²) in [5, 5.41) is 11.7. The Hall–Kier alpha value is -4.80. The average Bonchev–Trinajstić information content (AvgIpc) is 3.97. The molecule has 2 aromatic carbocycles. The molecule has 1 N–H and O–H groups in total. The van der Waals surface area contributed by atoms with Gasteiger partial charge in [0.2, 0.25) is 11.8 Å². The van der Waals surface area contributed by atoms with Gasteiger partial charge in [0.25, 0.3) is 0 Å². The Morgan fingerprint density at radius 3 is 2.65 bits per heavy atom. The summed E-state index contributed by atoms with van der Waals surface area (Å²) in [4.78, 5) is 33.7. The highest BCUT2D eigenvalue weighted by molar-refractivity contribution is 6.04. The van der Waals surface area contributed by atoms with Gasteiger partial charge < -0.3 is 29.1 Å². The summed E-state index contributed by atoms with van der Waals surface area (Å²) in [5.74, 6) is 2.33. The van der Waals surface area contributed by atoms with E-state index in [1.165, 1.54) is 31.4 Å². The molecule has 0 radical (unpaired) electrons. The number of hydrogen-bond acceptors (Lipinski definition) is 10. The van der Waals surface area contributed by atoms with Crippen molar-refractivity contribution in [2.75, 3.05) is 71.1 Å². The molecule has 2 saturated carbocycles. The number of pyridine rings is 1. The molecular formula is C44H50F2N6O5. The molecule has 13 heteroatoms. The lowest BCUT2D eigenvalue weighted by atomic mass is 9.75. The van der Waals surface area contributed by atoms with E-state index < -0.39 is 11.6 Å². The summed E-state index contributed by atoms with van der Waals surface area (Å²) in [6.07, 6.45) is 13.1. The summed E-state index contributed by atoms with van der Waals surface area (Å²) in [6.45, 7) is 10.3. The molecule has 0 bridgehead atoms. The second-order valence-corrected chi connectivity index (χ2v) is 17.7. The zero-order valence-electron chi connectivity index (χ0n) is 33.0. The highest BCUT2D eigenvalue weighted by Gasteiger charge is 2.50. The normalized spacial score (nSPS) is 23.9. The van der Waals surface area contributed by atoms with E-state index in [1.807, 2.05) is 4.90 Å². The van der Waals surface area contributed by atoms with Crippen LogP contribution in [0, 0.1) is 46.6 Å². The number of fused-ring (bicyclic) bond motifs is 3. The predicted octanol–water partition coefficient (Wildman–Crippen LogP) is 6.56. The Labute approximate surface area is 331 Å². The van der Waals surface area contributed by atoms with Gasteiger partial charge in [-0.15, -0.1) is 6.42 Å². The van der Waals surface area contributed by atoms with Crippen molar-refractivity contribution in [3.05, 3.63) is 41.5 Å². The van der Waals surface area contributed by atoms with Crippen molar-refractivity contribution in [2.24, 2.45) is 22.7 Å². The van der Waals surface area contributed by atoms with Crippen LogP contribution < -0.4 is 14.4 Å². The van der Waals surface area contributed by atoms with Crippen molar-refractivity contribution in [1.82, 2.24) is 24.8 Å². The molecule has 3 aliphatic heterocycles. The van der Waals surface area contributed by atoms with Gasteiger partial charge in [-0.05, 0) is 68.7 Å². The third-order valence-electron chi connectivity index (χ3n) is 12.9. The van der Waals surface area contributed by atoms with Crippen molar-refractivity contribution in [3.8, 4) is 41.2 Å². The first kappa shape index (κ1) is 37.8. The van der Waals surface area contributed by atoms with Crippen LogP contribution in [0.1, 0.15) is 64.4 Å². The minimum atomic E-state index is -0.806. The quantitative estimate of drug-likeness (QED) is 0.188. The lowest BCUT2D eigenvalue weighted by Gasteiger charge is -2.49. The molecular weight excluding hydrogens is 731 g/mol. The molecule has 57 heavy (non-hydrogen) atoms. The maximum absolute atomic E-state index is 17.4. The van der Waals surface area contributed by atoms with Gasteiger partial charge in [0.05, 0.1) is 32.5 Å². The molecule has 300 valence electrons. The summed E-state index contributed by atoms with van der Waals surface area (Å²) >= 11 is 0. The van der Waals surface area contributed by atoms with Crippen LogP contribution in [0.4, 0.5) is 14.6 Å². The number of benzene rings is 2. The van der Waals surface area contributed by atoms with Gasteiger partial charge in [-0.2, -0.15) is 9.97 Å². The van der Waals surface area contributed by atoms with E-state index in [-0.39, 0.29) is 67.5 Å². The topological polar surface area (TPSA) is 113 Å². The van der Waals surface area contributed by atoms with Crippen LogP contribution in [0.25, 0.3) is 32.9 Å². The lowest BCUT2D eigenvalue weighted by molar-refractivity contribution is -0.140. The first-order chi connectivity index (χ1) is 27.5. The molecule has 4 aromatic rings. The molecule has 2 atom stereocenters. The maximum atomic E-state index is 17.4. The zero-order valence-corrected chi connectivity index (χ0v) is 33.0. The van der Waals surface area contributed by atoms with Crippen molar-refractivity contribution < 1.29 is 32.9 Å². The van der Waals surface area contributed by atoms with E-state index in [0.717, 1.165) is 71.1 Å². The number of carbonyl (C=O) groups excluding carboxylic acids is 1. The number of anilines is 1. The largest absolute Gasteiger partial charge is 0.508 e. The summed E-state index contributed by atoms with van der Waals surface area (Å²) in [5.41, 5.74) is -0.620. The Bertz CT molecular complexity index is 2290. The van der Waals surface area contributed by atoms with Crippen LogP contribution in [0.2, 0.25) is 0 Å². The Balaban J connectivity index is 1.10. The second-order valence-electron chi connectivity index (χ2n) is 17.7. The minimum Gasteiger partial charge on any atom is -0.508 e. The van der Waals surface area contributed by atoms with E-state index in [0.29, 0.717) is 62.0 Å². The molecule has 3 saturated heterocycles. The maximum Gasteiger partial charge on any atom is 0.319 e. The third kappa shape index (κ3) is 6.88. The van der Waals surface area contributed by atoms with E-state index in [4.69, 9.17) is 30.6 Å². The Morgan fingerprint density at radius 1 is 1.07 bits per heavy atom. The third-order valence-corrected chi connectivity index (χ3v) is 12.9. The number of piperidine rings is 1. The monoisotopic (exact) mass is 780 g/mol. The molecule has 5 heterocycles. The SMILES string of the molecule is C#Cc1c(F)ccc2cc(O)cc(-c3nc(OC)c4c(N5CCOCC(C)(C)C5)nc(OC[C@]56CCC[C@H]5N(CC5CN(C(=O)C7CC7)C5)CCC6)nc4c3F)c12. The fraction of sp³-hybridized carbons (Fsp3) is 0.545. The molecule has 1 amide bonds. The number of ether oxygens (including phenoxy) is 3. The molecule has 2 aromatic heterocycles. The molecule has 0 spiro atoms. The number of halogens is 2. The van der Waals surface area contributed by atoms with Gasteiger partial charge in [0, 0.05) is 72.4 Å². The summed E-state index contributed by atoms with van der Waals surface area (Å²) in [6, 6.07) is 5.86. The standard InChI is InChI=1S/C44H50F2N6O5/c1-5-30-32(45)12-11-28-18-29(53)19-31(34(28)30)37-36(46)38-35(40(47-37)55-4)39(51-16-17-56-24-43(2,3)23-51)49-42(48-38)57-25-44-13-6-8-33(44)50(15-7-14-44)20-26-21-52(22-26)41(54)27-9-10-27/h1,11-12,18-19,26-27,33,53H,6-10,13-17,20-25H2,2-4H3/t33-,44-/m1/s1. The molecule has 2 aliphatic carbocycles. The van der Waals surface area contributed by atoms with Crippen LogP contribution in [0.5, 0.6) is 17.6 Å². The van der Waals surface area contributed by atoms with Crippen LogP contribution in [-0.4, -0.2) is 108 Å². The number of terminal acetylenes is 1. The highest BCUT2D eigenvalue weighted by Crippen LogP contribution is 2.49. The van der Waals surface area contributed by atoms with E-state index in [1.54, 1.807) is 0 Å². The molecule has 0 unspecified atom stereocenters. The zero-order chi connectivity index (χ0) is 39.6. The van der Waals surface area contributed by atoms with Crippen molar-refractivity contribution >= 4 is 33.4 Å². The Kier molecular flexibility index (Phi) is 9.63. The molecule has 11 nitrogen and oxygen atoms in total. The van der Waals surface area contributed by atoms with Crippen LogP contribution >= 0.6 is 0 Å². The number of aromatic hydroxyl groups is 1. The smallest absolute Gasteiger partial charge is 0.319 e. The van der Waals surface area contributed by atoms with Gasteiger partial charge in [-0.1, -0.05) is 32.3 Å². The fourth-order valence-corrected chi connectivity index (χ4v) is 10.0. The van der Waals surface area contributed by atoms with Crippen LogP contribution in [-0.2, 0) is 9.53 Å². The average molecular weight is 781 g/mol. The summed E-state index contributed by atoms with van der Waals surface area (Å²) < 4.78 is 51.0. The van der Waals surface area contributed by atoms with Gasteiger partial charge >= 0.3 is 6.01 Å². The van der Waals surface area contributed by atoms with Crippen molar-refractivity contribution in [2.45, 2.75) is 64.8 Å². The number of methoxy groups -OCH3 is 1. The number of phenolic OH excluding ortho intramolecular Hbond substituents is 1. The minimum absolute atomic E-state index is 0.0417.